The van der Waals surface area contributed by atoms with Gasteiger partial charge in [0.25, 0.3) is 11.4 Å². The summed E-state index contributed by atoms with van der Waals surface area (Å²) >= 11 is 4.50. The molecule has 0 saturated carbocycles. The number of likely N-dealkylation sites (tertiary alicyclic amines) is 2. The lowest BCUT2D eigenvalue weighted by Gasteiger charge is -2.27. The van der Waals surface area contributed by atoms with Gasteiger partial charge in [-0.2, -0.15) is 12.6 Å². The summed E-state index contributed by atoms with van der Waals surface area (Å²) in [6.45, 7) is 1.75. The molecule has 0 spiro atoms. The molecular formula is C28H33N5O9S. The highest BCUT2D eigenvalue weighted by atomic mass is 32.1. The van der Waals surface area contributed by atoms with E-state index in [-0.39, 0.29) is 48.2 Å². The van der Waals surface area contributed by atoms with Gasteiger partial charge in [0.1, 0.15) is 19.3 Å². The molecule has 2 aliphatic heterocycles. The summed E-state index contributed by atoms with van der Waals surface area (Å²) < 4.78 is 10.6. The van der Waals surface area contributed by atoms with Crippen molar-refractivity contribution in [1.82, 2.24) is 15.1 Å². The predicted octanol–water partition coefficient (Wildman–Crippen LogP) is 4.07. The molecule has 2 aliphatic rings. The van der Waals surface area contributed by atoms with Crippen LogP contribution < -0.4 is 5.32 Å². The van der Waals surface area contributed by atoms with E-state index in [0.29, 0.717) is 43.6 Å². The van der Waals surface area contributed by atoms with Crippen LogP contribution >= 0.6 is 12.6 Å². The number of nitro groups is 2. The standard InChI is InChI=1S/C28H33N5O9S/c34-26(25-14-24(43)16-31(25)28(36)42-18-21-5-9-23(10-6-21)33(39)40)30-13-11-19(15-30)2-1-12-29-27(35)41-17-20-3-7-22(8-4-20)32(37)38/h3-10,19,24-25,43H,1-2,11-18H2,(H,29,35)/t19-,24-,25-/m0/s1. The van der Waals surface area contributed by atoms with E-state index in [9.17, 15) is 34.6 Å². The van der Waals surface area contributed by atoms with Crippen molar-refractivity contribution in [1.29, 1.82) is 0 Å². The first-order valence-corrected chi connectivity index (χ1v) is 14.4. The van der Waals surface area contributed by atoms with Gasteiger partial charge >= 0.3 is 12.2 Å². The second kappa shape index (κ2) is 14.7. The van der Waals surface area contributed by atoms with Crippen molar-refractivity contribution in [3.8, 4) is 0 Å². The van der Waals surface area contributed by atoms with Crippen LogP contribution in [0.3, 0.4) is 0 Å². The molecule has 2 saturated heterocycles. The van der Waals surface area contributed by atoms with Crippen molar-refractivity contribution in [2.24, 2.45) is 5.92 Å². The van der Waals surface area contributed by atoms with Crippen LogP contribution in [-0.2, 0) is 27.5 Å². The number of carbonyl (C=O) groups excluding carboxylic acids is 3. The maximum absolute atomic E-state index is 13.4. The van der Waals surface area contributed by atoms with Crippen LogP contribution in [-0.4, -0.2) is 75.2 Å². The second-order valence-electron chi connectivity index (χ2n) is 10.5. The van der Waals surface area contributed by atoms with Crippen LogP contribution in [0, 0.1) is 26.1 Å². The van der Waals surface area contributed by atoms with E-state index in [2.05, 4.69) is 17.9 Å². The Bertz CT molecular complexity index is 1320. The monoisotopic (exact) mass is 615 g/mol. The lowest BCUT2D eigenvalue weighted by molar-refractivity contribution is -0.385. The summed E-state index contributed by atoms with van der Waals surface area (Å²) in [4.78, 5) is 61.9. The molecule has 2 fully saturated rings. The number of nitro benzene ring substituents is 2. The van der Waals surface area contributed by atoms with E-state index < -0.39 is 28.1 Å². The Labute approximate surface area is 253 Å². The minimum absolute atomic E-state index is 0.000559. The number of carbonyl (C=O) groups is 3. The van der Waals surface area contributed by atoms with Gasteiger partial charge in [-0.05, 0) is 67.0 Å². The summed E-state index contributed by atoms with van der Waals surface area (Å²) in [5, 5.41) is 24.1. The zero-order valence-corrected chi connectivity index (χ0v) is 24.2. The van der Waals surface area contributed by atoms with Crippen molar-refractivity contribution in [2.75, 3.05) is 26.2 Å². The van der Waals surface area contributed by atoms with Crippen molar-refractivity contribution < 1.29 is 33.7 Å². The Morgan fingerprint density at radius 1 is 0.907 bits per heavy atom. The van der Waals surface area contributed by atoms with E-state index in [0.717, 1.165) is 12.8 Å². The minimum atomic E-state index is -0.669. The van der Waals surface area contributed by atoms with Gasteiger partial charge in [0.05, 0.1) is 9.85 Å². The molecule has 4 rings (SSSR count). The Balaban J connectivity index is 1.16. The fraction of sp³-hybridized carbons (Fsp3) is 0.464. The number of hydrogen-bond acceptors (Lipinski definition) is 10. The molecule has 2 aromatic carbocycles. The van der Waals surface area contributed by atoms with Gasteiger partial charge in [0, 0.05) is 55.7 Å². The summed E-state index contributed by atoms with van der Waals surface area (Å²) in [5.41, 5.74) is 1.14. The third-order valence-corrected chi connectivity index (χ3v) is 7.86. The van der Waals surface area contributed by atoms with Gasteiger partial charge in [-0.1, -0.05) is 0 Å². The number of thiol groups is 1. The van der Waals surface area contributed by atoms with Gasteiger partial charge < -0.3 is 19.7 Å². The van der Waals surface area contributed by atoms with Crippen molar-refractivity contribution in [3.05, 3.63) is 79.9 Å². The molecule has 230 valence electrons. The normalized spacial score (nSPS) is 19.6. The molecule has 0 unspecified atom stereocenters. The maximum Gasteiger partial charge on any atom is 0.410 e. The average Bonchev–Trinajstić information content (AvgIpc) is 3.64. The van der Waals surface area contributed by atoms with Gasteiger partial charge in [-0.15, -0.1) is 0 Å². The smallest absolute Gasteiger partial charge is 0.410 e. The molecule has 2 aromatic rings. The number of benzene rings is 2. The summed E-state index contributed by atoms with van der Waals surface area (Å²) in [6.07, 6.45) is 1.52. The van der Waals surface area contributed by atoms with Gasteiger partial charge in [-0.25, -0.2) is 9.59 Å². The lowest BCUT2D eigenvalue weighted by atomic mass is 10.0. The van der Waals surface area contributed by atoms with E-state index >= 15 is 0 Å². The van der Waals surface area contributed by atoms with Crippen LogP contribution in [0.25, 0.3) is 0 Å². The number of nitrogens with zero attached hydrogens (tertiary/aromatic N) is 4. The molecule has 3 atom stereocenters. The predicted molar refractivity (Wildman–Crippen MR) is 156 cm³/mol. The van der Waals surface area contributed by atoms with Crippen LogP contribution in [0.2, 0.25) is 0 Å². The largest absolute Gasteiger partial charge is 0.445 e. The van der Waals surface area contributed by atoms with E-state index in [4.69, 9.17) is 9.47 Å². The fourth-order valence-electron chi connectivity index (χ4n) is 5.17. The molecule has 14 nitrogen and oxygen atoms in total. The number of nitrogens with one attached hydrogen (secondary N) is 1. The summed E-state index contributed by atoms with van der Waals surface area (Å²) in [7, 11) is 0. The summed E-state index contributed by atoms with van der Waals surface area (Å²) in [5.74, 6) is 0.122. The Hall–Kier alpha value is -4.40. The van der Waals surface area contributed by atoms with E-state index in [1.54, 1.807) is 4.90 Å². The Kier molecular flexibility index (Phi) is 10.8. The topological polar surface area (TPSA) is 174 Å². The zero-order valence-electron chi connectivity index (χ0n) is 23.3. The molecule has 2 heterocycles. The third-order valence-electron chi connectivity index (χ3n) is 7.48. The minimum Gasteiger partial charge on any atom is -0.445 e. The highest BCUT2D eigenvalue weighted by molar-refractivity contribution is 7.81. The molecule has 1 N–H and O–H groups in total. The first kappa shape index (κ1) is 31.5. The molecule has 0 aliphatic carbocycles. The molecule has 0 radical (unpaired) electrons. The van der Waals surface area contributed by atoms with E-state index in [1.165, 1.54) is 53.4 Å². The molecule has 15 heteroatoms. The molecular weight excluding hydrogens is 582 g/mol. The number of rotatable bonds is 11. The molecule has 3 amide bonds. The fourth-order valence-corrected chi connectivity index (χ4v) is 5.54. The van der Waals surface area contributed by atoms with Gasteiger partial charge in [0.15, 0.2) is 0 Å². The SMILES string of the molecule is O=C(NCCC[C@H]1CCN(C(=O)[C@@H]2C[C@H](S)CN2C(=O)OCc2ccc([N+](=O)[O-])cc2)C1)OCc1ccc([N+](=O)[O-])cc1. The first-order valence-electron chi connectivity index (χ1n) is 13.9. The van der Waals surface area contributed by atoms with Crippen molar-refractivity contribution in [2.45, 2.75) is 50.2 Å². The number of hydrogen-bond donors (Lipinski definition) is 2. The molecule has 0 bridgehead atoms. The Morgan fingerprint density at radius 2 is 1.49 bits per heavy atom. The number of non-ortho nitro benzene ring substituents is 2. The van der Waals surface area contributed by atoms with Crippen LogP contribution in [0.15, 0.2) is 48.5 Å². The highest BCUT2D eigenvalue weighted by Gasteiger charge is 2.42. The Morgan fingerprint density at radius 3 is 2.07 bits per heavy atom. The molecule has 43 heavy (non-hydrogen) atoms. The number of ether oxygens (including phenoxy) is 2. The third kappa shape index (κ3) is 8.80. The average molecular weight is 616 g/mol. The first-order chi connectivity index (χ1) is 20.6. The van der Waals surface area contributed by atoms with Crippen LogP contribution in [0.5, 0.6) is 0 Å². The van der Waals surface area contributed by atoms with Gasteiger partial charge in [-0.3, -0.25) is 29.9 Å². The number of alkyl carbamates (subject to hydrolysis) is 1. The van der Waals surface area contributed by atoms with Crippen LogP contribution in [0.1, 0.15) is 36.8 Å². The second-order valence-corrected chi connectivity index (χ2v) is 11.3. The zero-order chi connectivity index (χ0) is 30.9. The lowest BCUT2D eigenvalue weighted by Crippen LogP contribution is -2.47. The summed E-state index contributed by atoms with van der Waals surface area (Å²) in [6, 6.07) is 10.8. The van der Waals surface area contributed by atoms with E-state index in [1.807, 2.05) is 0 Å². The number of amides is 3. The van der Waals surface area contributed by atoms with Crippen molar-refractivity contribution >= 4 is 42.1 Å². The van der Waals surface area contributed by atoms with Gasteiger partial charge in [0.2, 0.25) is 5.91 Å². The molecule has 0 aromatic heterocycles. The maximum atomic E-state index is 13.4. The quantitative estimate of drug-likeness (QED) is 0.163. The van der Waals surface area contributed by atoms with Crippen LogP contribution in [0.4, 0.5) is 21.0 Å². The highest BCUT2D eigenvalue weighted by Crippen LogP contribution is 2.28. The van der Waals surface area contributed by atoms with Crippen molar-refractivity contribution in [3.63, 3.8) is 0 Å².